The first kappa shape index (κ1) is 11.8. The summed E-state index contributed by atoms with van der Waals surface area (Å²) in [6.45, 7) is 5.16. The highest BCUT2D eigenvalue weighted by Gasteiger charge is 2.00. The van der Waals surface area contributed by atoms with Crippen molar-refractivity contribution in [3.63, 3.8) is 0 Å². The summed E-state index contributed by atoms with van der Waals surface area (Å²) in [6.07, 6.45) is 3.83. The molecule has 0 spiro atoms. The van der Waals surface area contributed by atoms with Crippen molar-refractivity contribution >= 4 is 0 Å². The second-order valence-electron chi connectivity index (χ2n) is 4.48. The van der Waals surface area contributed by atoms with Crippen molar-refractivity contribution in [2.75, 3.05) is 0 Å². The summed E-state index contributed by atoms with van der Waals surface area (Å²) in [6, 6.07) is 13.0. The van der Waals surface area contributed by atoms with Gasteiger partial charge in [0.1, 0.15) is 0 Å². The fourth-order valence-electron chi connectivity index (χ4n) is 1.69. The molecule has 2 nitrogen and oxygen atoms in total. The highest BCUT2D eigenvalue weighted by Crippen LogP contribution is 2.18. The largest absolute Gasteiger partial charge is 0.310 e. The van der Waals surface area contributed by atoms with E-state index in [0.29, 0.717) is 6.04 Å². The van der Waals surface area contributed by atoms with Gasteiger partial charge in [0.25, 0.3) is 0 Å². The van der Waals surface area contributed by atoms with Crippen molar-refractivity contribution in [3.05, 3.63) is 54.4 Å². The van der Waals surface area contributed by atoms with Gasteiger partial charge in [0, 0.05) is 30.5 Å². The van der Waals surface area contributed by atoms with Crippen molar-refractivity contribution < 1.29 is 0 Å². The predicted molar refractivity (Wildman–Crippen MR) is 71.6 cm³/mol. The minimum atomic E-state index is 0.496. The molecule has 0 fully saturated rings. The summed E-state index contributed by atoms with van der Waals surface area (Å²) in [5.74, 6) is 0. The average Bonchev–Trinajstić information content (AvgIpc) is 2.38. The van der Waals surface area contributed by atoms with Gasteiger partial charge in [-0.2, -0.15) is 0 Å². The first-order valence-corrected chi connectivity index (χ1v) is 5.98. The molecule has 0 radical (unpaired) electrons. The van der Waals surface area contributed by atoms with Crippen molar-refractivity contribution in [2.24, 2.45) is 0 Å². The molecule has 0 amide bonds. The summed E-state index contributed by atoms with van der Waals surface area (Å²) in [5.41, 5.74) is 3.61. The Kier molecular flexibility index (Phi) is 3.89. The van der Waals surface area contributed by atoms with Crippen LogP contribution in [-0.4, -0.2) is 11.0 Å². The summed E-state index contributed by atoms with van der Waals surface area (Å²) < 4.78 is 0. The Morgan fingerprint density at radius 1 is 1.06 bits per heavy atom. The fourth-order valence-corrected chi connectivity index (χ4v) is 1.69. The number of pyridine rings is 1. The molecule has 2 heteroatoms. The zero-order valence-electron chi connectivity index (χ0n) is 10.4. The molecular weight excluding hydrogens is 208 g/mol. The van der Waals surface area contributed by atoms with Crippen LogP contribution in [0.1, 0.15) is 19.4 Å². The summed E-state index contributed by atoms with van der Waals surface area (Å²) in [7, 11) is 0. The lowest BCUT2D eigenvalue weighted by Crippen LogP contribution is -2.21. The number of hydrogen-bond donors (Lipinski definition) is 1. The van der Waals surface area contributed by atoms with Gasteiger partial charge >= 0.3 is 0 Å². The molecule has 0 saturated carbocycles. The van der Waals surface area contributed by atoms with E-state index in [4.69, 9.17) is 0 Å². The molecule has 0 bridgehead atoms. The lowest BCUT2D eigenvalue weighted by Gasteiger charge is -2.09. The zero-order valence-corrected chi connectivity index (χ0v) is 10.4. The van der Waals surface area contributed by atoms with E-state index in [2.05, 4.69) is 42.3 Å². The molecule has 0 unspecified atom stereocenters. The second kappa shape index (κ2) is 5.60. The van der Waals surface area contributed by atoms with Crippen LogP contribution in [0.25, 0.3) is 11.1 Å². The SMILES string of the molecule is CC(C)NCc1cncc(-c2ccccc2)c1. The maximum absolute atomic E-state index is 4.30. The van der Waals surface area contributed by atoms with Crippen LogP contribution in [0.4, 0.5) is 0 Å². The molecule has 0 aliphatic rings. The van der Waals surface area contributed by atoms with Crippen molar-refractivity contribution in [3.8, 4) is 11.1 Å². The van der Waals surface area contributed by atoms with Gasteiger partial charge in [0.05, 0.1) is 0 Å². The number of rotatable bonds is 4. The van der Waals surface area contributed by atoms with Gasteiger partial charge in [-0.1, -0.05) is 44.2 Å². The highest BCUT2D eigenvalue weighted by molar-refractivity contribution is 5.62. The first-order valence-electron chi connectivity index (χ1n) is 5.98. The standard InChI is InChI=1S/C15H18N2/c1-12(2)17-10-13-8-15(11-16-9-13)14-6-4-3-5-7-14/h3-9,11-12,17H,10H2,1-2H3. The Morgan fingerprint density at radius 2 is 1.82 bits per heavy atom. The van der Waals surface area contributed by atoms with Crippen LogP contribution in [0.3, 0.4) is 0 Å². The zero-order chi connectivity index (χ0) is 12.1. The number of hydrogen-bond acceptors (Lipinski definition) is 2. The van der Waals surface area contributed by atoms with Crippen molar-refractivity contribution in [1.82, 2.24) is 10.3 Å². The van der Waals surface area contributed by atoms with Crippen LogP contribution in [0.5, 0.6) is 0 Å². The van der Waals surface area contributed by atoms with E-state index in [9.17, 15) is 0 Å². The molecule has 0 aliphatic heterocycles. The molecule has 0 atom stereocenters. The molecule has 1 heterocycles. The van der Waals surface area contributed by atoms with Crippen LogP contribution in [-0.2, 0) is 6.54 Å². The molecule has 2 aromatic rings. The van der Waals surface area contributed by atoms with Crippen LogP contribution in [0, 0.1) is 0 Å². The van der Waals surface area contributed by atoms with Crippen LogP contribution < -0.4 is 5.32 Å². The molecule has 0 saturated heterocycles. The van der Waals surface area contributed by atoms with Crippen LogP contribution in [0.15, 0.2) is 48.8 Å². The lowest BCUT2D eigenvalue weighted by atomic mass is 10.1. The molecule has 1 N–H and O–H groups in total. The third kappa shape index (κ3) is 3.40. The fraction of sp³-hybridized carbons (Fsp3) is 0.267. The molecule has 88 valence electrons. The third-order valence-corrected chi connectivity index (χ3v) is 2.62. The Balaban J connectivity index is 2.17. The summed E-state index contributed by atoms with van der Waals surface area (Å²) >= 11 is 0. The quantitative estimate of drug-likeness (QED) is 0.865. The van der Waals surface area contributed by atoms with Gasteiger partial charge in [0.2, 0.25) is 0 Å². The van der Waals surface area contributed by atoms with E-state index in [1.165, 1.54) is 16.7 Å². The molecule has 1 aromatic heterocycles. The predicted octanol–water partition coefficient (Wildman–Crippen LogP) is 3.25. The minimum Gasteiger partial charge on any atom is -0.310 e. The molecule has 0 aliphatic carbocycles. The highest BCUT2D eigenvalue weighted by atomic mass is 14.9. The van der Waals surface area contributed by atoms with Crippen LogP contribution >= 0.6 is 0 Å². The molecule has 17 heavy (non-hydrogen) atoms. The Labute approximate surface area is 103 Å². The van der Waals surface area contributed by atoms with E-state index in [1.807, 2.05) is 30.6 Å². The third-order valence-electron chi connectivity index (χ3n) is 2.62. The first-order chi connectivity index (χ1) is 8.25. The van der Waals surface area contributed by atoms with Gasteiger partial charge in [0.15, 0.2) is 0 Å². The summed E-state index contributed by atoms with van der Waals surface area (Å²) in [4.78, 5) is 4.30. The van der Waals surface area contributed by atoms with Crippen LogP contribution in [0.2, 0.25) is 0 Å². The number of nitrogens with one attached hydrogen (secondary N) is 1. The van der Waals surface area contributed by atoms with E-state index in [0.717, 1.165) is 6.54 Å². The van der Waals surface area contributed by atoms with E-state index < -0.39 is 0 Å². The minimum absolute atomic E-state index is 0.496. The Morgan fingerprint density at radius 3 is 2.53 bits per heavy atom. The average molecular weight is 226 g/mol. The maximum atomic E-state index is 4.30. The molecule has 1 aromatic carbocycles. The number of benzene rings is 1. The van der Waals surface area contributed by atoms with E-state index >= 15 is 0 Å². The molecular formula is C15H18N2. The van der Waals surface area contributed by atoms with E-state index in [1.54, 1.807) is 0 Å². The Hall–Kier alpha value is -1.67. The summed E-state index contributed by atoms with van der Waals surface area (Å²) in [5, 5.41) is 3.40. The molecule has 2 rings (SSSR count). The number of aromatic nitrogens is 1. The van der Waals surface area contributed by atoms with Crippen molar-refractivity contribution in [2.45, 2.75) is 26.4 Å². The normalized spacial score (nSPS) is 10.8. The van der Waals surface area contributed by atoms with Gasteiger partial charge in [-0.05, 0) is 17.2 Å². The van der Waals surface area contributed by atoms with Gasteiger partial charge in [-0.3, -0.25) is 4.98 Å². The number of nitrogens with zero attached hydrogens (tertiary/aromatic N) is 1. The van der Waals surface area contributed by atoms with E-state index in [-0.39, 0.29) is 0 Å². The van der Waals surface area contributed by atoms with Gasteiger partial charge < -0.3 is 5.32 Å². The topological polar surface area (TPSA) is 24.9 Å². The monoisotopic (exact) mass is 226 g/mol. The smallest absolute Gasteiger partial charge is 0.0346 e. The van der Waals surface area contributed by atoms with Crippen molar-refractivity contribution in [1.29, 1.82) is 0 Å². The van der Waals surface area contributed by atoms with Gasteiger partial charge in [-0.25, -0.2) is 0 Å². The van der Waals surface area contributed by atoms with Gasteiger partial charge in [-0.15, -0.1) is 0 Å². The maximum Gasteiger partial charge on any atom is 0.0346 e. The Bertz CT molecular complexity index is 463. The lowest BCUT2D eigenvalue weighted by molar-refractivity contribution is 0.588. The second-order valence-corrected chi connectivity index (χ2v) is 4.48.